The molecule has 0 aliphatic rings. The van der Waals surface area contributed by atoms with Crippen molar-refractivity contribution in [3.63, 3.8) is 0 Å². The van der Waals surface area contributed by atoms with Crippen molar-refractivity contribution in [2.45, 2.75) is 78.1 Å². The Bertz CT molecular complexity index is 374. The Labute approximate surface area is 150 Å². The molecule has 0 radical (unpaired) electrons. The van der Waals surface area contributed by atoms with E-state index in [1.807, 2.05) is 0 Å². The van der Waals surface area contributed by atoms with Crippen LogP contribution in [0.2, 0.25) is 0 Å². The maximum absolute atomic E-state index is 5.70. The predicted octanol–water partition coefficient (Wildman–Crippen LogP) is 5.67. The van der Waals surface area contributed by atoms with Gasteiger partial charge in [-0.3, -0.25) is 0 Å². The molecule has 0 spiro atoms. The Hall–Kier alpha value is -0.860. The normalized spacial score (nSPS) is 11.1. The van der Waals surface area contributed by atoms with E-state index in [9.17, 15) is 0 Å². The second kappa shape index (κ2) is 15.7. The highest BCUT2D eigenvalue weighted by molar-refractivity contribution is 5.21. The summed E-state index contributed by atoms with van der Waals surface area (Å²) in [5, 5.41) is 3.46. The summed E-state index contributed by atoms with van der Waals surface area (Å²) in [6.07, 6.45) is 13.5. The lowest BCUT2D eigenvalue weighted by Crippen LogP contribution is -2.22. The fraction of sp³-hybridized carbons (Fsp3) is 0.727. The van der Waals surface area contributed by atoms with E-state index in [4.69, 9.17) is 4.74 Å². The third-order valence-corrected chi connectivity index (χ3v) is 4.53. The summed E-state index contributed by atoms with van der Waals surface area (Å²) in [6.45, 7) is 8.17. The van der Waals surface area contributed by atoms with Crippen LogP contribution in [0.4, 0.5) is 0 Å². The molecule has 1 aromatic carbocycles. The van der Waals surface area contributed by atoms with Crippen molar-refractivity contribution in [2.24, 2.45) is 0 Å². The second-order valence-electron chi connectivity index (χ2n) is 6.93. The Kier molecular flexibility index (Phi) is 13.8. The maximum Gasteiger partial charge on any atom is 0.0590 e. The minimum atomic E-state index is 0.838. The van der Waals surface area contributed by atoms with Gasteiger partial charge in [0.05, 0.1) is 6.61 Å². The van der Waals surface area contributed by atoms with E-state index < -0.39 is 0 Å². The monoisotopic (exact) mass is 333 g/mol. The molecule has 1 aromatic rings. The fourth-order valence-corrected chi connectivity index (χ4v) is 2.87. The molecule has 0 saturated carbocycles. The average Bonchev–Trinajstić information content (AvgIpc) is 2.60. The van der Waals surface area contributed by atoms with Crippen LogP contribution in [0, 0.1) is 6.92 Å². The molecule has 1 rings (SSSR count). The van der Waals surface area contributed by atoms with Crippen molar-refractivity contribution in [2.75, 3.05) is 26.3 Å². The number of hydrogen-bond acceptors (Lipinski definition) is 2. The van der Waals surface area contributed by atoms with Crippen molar-refractivity contribution >= 4 is 0 Å². The minimum Gasteiger partial charge on any atom is -0.380 e. The van der Waals surface area contributed by atoms with E-state index >= 15 is 0 Å². The first kappa shape index (κ1) is 21.2. The van der Waals surface area contributed by atoms with Gasteiger partial charge in [0.1, 0.15) is 0 Å². The van der Waals surface area contributed by atoms with Crippen LogP contribution in [0.15, 0.2) is 24.3 Å². The van der Waals surface area contributed by atoms with Crippen LogP contribution >= 0.6 is 0 Å². The Balaban J connectivity index is 1.75. The Morgan fingerprint density at radius 2 is 1.38 bits per heavy atom. The first-order valence-electron chi connectivity index (χ1n) is 10.2. The van der Waals surface area contributed by atoms with E-state index in [-0.39, 0.29) is 0 Å². The smallest absolute Gasteiger partial charge is 0.0590 e. The first-order chi connectivity index (χ1) is 11.8. The summed E-state index contributed by atoms with van der Waals surface area (Å²) in [7, 11) is 0. The van der Waals surface area contributed by atoms with Gasteiger partial charge in [-0.2, -0.15) is 0 Å². The average molecular weight is 334 g/mol. The quantitative estimate of drug-likeness (QED) is 0.393. The van der Waals surface area contributed by atoms with E-state index in [2.05, 4.69) is 43.4 Å². The van der Waals surface area contributed by atoms with Gasteiger partial charge in [-0.05, 0) is 31.9 Å². The van der Waals surface area contributed by atoms with Gasteiger partial charge in [0.15, 0.2) is 0 Å². The lowest BCUT2D eigenvalue weighted by molar-refractivity contribution is 0.131. The van der Waals surface area contributed by atoms with Gasteiger partial charge in [0.2, 0.25) is 0 Å². The van der Waals surface area contributed by atoms with Gasteiger partial charge in [-0.25, -0.2) is 0 Å². The van der Waals surface area contributed by atoms with E-state index in [0.717, 1.165) is 32.7 Å². The molecule has 0 saturated heterocycles. The predicted molar refractivity (Wildman–Crippen MR) is 106 cm³/mol. The lowest BCUT2D eigenvalue weighted by Gasteiger charge is -2.07. The molecule has 0 bridgehead atoms. The highest BCUT2D eigenvalue weighted by Crippen LogP contribution is 2.09. The van der Waals surface area contributed by atoms with Crippen molar-refractivity contribution < 1.29 is 4.74 Å². The second-order valence-corrected chi connectivity index (χ2v) is 6.93. The van der Waals surface area contributed by atoms with Crippen LogP contribution in [-0.4, -0.2) is 26.3 Å². The number of hydrogen-bond donors (Lipinski definition) is 1. The molecule has 2 heteroatoms. The number of nitrogens with one attached hydrogen (secondary N) is 1. The molecule has 0 fully saturated rings. The van der Waals surface area contributed by atoms with Gasteiger partial charge in [-0.15, -0.1) is 0 Å². The van der Waals surface area contributed by atoms with E-state index in [1.165, 1.54) is 68.9 Å². The van der Waals surface area contributed by atoms with Crippen molar-refractivity contribution in [1.29, 1.82) is 0 Å². The summed E-state index contributed by atoms with van der Waals surface area (Å²) in [6, 6.07) is 8.81. The van der Waals surface area contributed by atoms with Crippen LogP contribution in [0.5, 0.6) is 0 Å². The number of ether oxygens (including phenoxy) is 1. The Morgan fingerprint density at radius 1 is 0.750 bits per heavy atom. The van der Waals surface area contributed by atoms with Crippen LogP contribution in [0.1, 0.15) is 75.8 Å². The highest BCUT2D eigenvalue weighted by Gasteiger charge is 1.95. The largest absolute Gasteiger partial charge is 0.380 e. The summed E-state index contributed by atoms with van der Waals surface area (Å²) in [4.78, 5) is 0. The molecule has 0 aliphatic heterocycles. The van der Waals surface area contributed by atoms with Gasteiger partial charge in [0.25, 0.3) is 0 Å². The zero-order chi connectivity index (χ0) is 17.3. The molecule has 0 aliphatic carbocycles. The van der Waals surface area contributed by atoms with Crippen LogP contribution in [0.3, 0.4) is 0 Å². The van der Waals surface area contributed by atoms with Crippen molar-refractivity contribution in [3.8, 4) is 0 Å². The summed E-state index contributed by atoms with van der Waals surface area (Å²) in [5.41, 5.74) is 2.74. The van der Waals surface area contributed by atoms with E-state index in [0.29, 0.717) is 0 Å². The van der Waals surface area contributed by atoms with Crippen molar-refractivity contribution in [3.05, 3.63) is 35.4 Å². The van der Waals surface area contributed by atoms with Crippen LogP contribution in [-0.2, 0) is 11.2 Å². The highest BCUT2D eigenvalue weighted by atomic mass is 16.5. The zero-order valence-corrected chi connectivity index (χ0v) is 16.1. The molecule has 0 amide bonds. The molecule has 0 atom stereocenters. The Morgan fingerprint density at radius 3 is 2.04 bits per heavy atom. The molecule has 0 unspecified atom stereocenters. The lowest BCUT2D eigenvalue weighted by atomic mass is 10.1. The van der Waals surface area contributed by atoms with Gasteiger partial charge in [-0.1, -0.05) is 88.1 Å². The molecule has 24 heavy (non-hydrogen) atoms. The number of unbranched alkanes of at least 4 members (excludes halogenated alkanes) is 8. The number of rotatable bonds is 16. The minimum absolute atomic E-state index is 0.838. The molecular formula is C22H39NO. The van der Waals surface area contributed by atoms with Gasteiger partial charge < -0.3 is 10.1 Å². The summed E-state index contributed by atoms with van der Waals surface area (Å²) < 4.78 is 5.70. The zero-order valence-electron chi connectivity index (χ0n) is 16.1. The van der Waals surface area contributed by atoms with Gasteiger partial charge >= 0.3 is 0 Å². The molecule has 1 N–H and O–H groups in total. The van der Waals surface area contributed by atoms with Gasteiger partial charge in [0, 0.05) is 13.2 Å². The molecule has 138 valence electrons. The molecular weight excluding hydrogens is 294 g/mol. The SMILES string of the molecule is CCCCCCCCCCCOCCNCCc1ccc(C)cc1. The number of aryl methyl sites for hydroxylation is 1. The van der Waals surface area contributed by atoms with Crippen LogP contribution < -0.4 is 5.32 Å². The summed E-state index contributed by atoms with van der Waals surface area (Å²) in [5.74, 6) is 0. The molecule has 2 nitrogen and oxygen atoms in total. The number of benzene rings is 1. The summed E-state index contributed by atoms with van der Waals surface area (Å²) >= 11 is 0. The van der Waals surface area contributed by atoms with Crippen molar-refractivity contribution in [1.82, 2.24) is 5.32 Å². The standard InChI is InChI=1S/C22H39NO/c1-3-4-5-6-7-8-9-10-11-19-24-20-18-23-17-16-22-14-12-21(2)13-15-22/h12-15,23H,3-11,16-20H2,1-2H3. The molecule has 0 heterocycles. The molecule has 0 aromatic heterocycles. The van der Waals surface area contributed by atoms with Crippen LogP contribution in [0.25, 0.3) is 0 Å². The fourth-order valence-electron chi connectivity index (χ4n) is 2.87. The third kappa shape index (κ3) is 12.5. The maximum atomic E-state index is 5.70. The third-order valence-electron chi connectivity index (χ3n) is 4.53. The first-order valence-corrected chi connectivity index (χ1v) is 10.2. The topological polar surface area (TPSA) is 21.3 Å². The van der Waals surface area contributed by atoms with E-state index in [1.54, 1.807) is 0 Å².